The highest BCUT2D eigenvalue weighted by atomic mass is 32.2. The van der Waals surface area contributed by atoms with Gasteiger partial charge in [0.2, 0.25) is 0 Å². The maximum atomic E-state index is 12.0. The van der Waals surface area contributed by atoms with Gasteiger partial charge in [0.05, 0.1) is 36.4 Å². The van der Waals surface area contributed by atoms with E-state index in [9.17, 15) is 22.8 Å². The van der Waals surface area contributed by atoms with Crippen molar-refractivity contribution >= 4 is 27.9 Å². The maximum Gasteiger partial charge on any atom is 0.302 e. The Kier molecular flexibility index (Phi) is 7.67. The third-order valence-corrected chi connectivity index (χ3v) is 7.88. The van der Waals surface area contributed by atoms with Gasteiger partial charge in [0.25, 0.3) is 21.9 Å². The number of hydrogen-bond acceptors (Lipinski definition) is 9. The van der Waals surface area contributed by atoms with E-state index in [1.807, 2.05) is 0 Å². The lowest BCUT2D eigenvalue weighted by Crippen LogP contribution is -2.40. The number of rotatable bonds is 6. The molecule has 1 saturated heterocycles. The Hall–Kier alpha value is -1.82. The normalized spacial score (nSPS) is 37.1. The number of hydroxylamine groups is 2. The zero-order chi connectivity index (χ0) is 24.6. The van der Waals surface area contributed by atoms with E-state index < -0.39 is 39.9 Å². The Morgan fingerprint density at radius 2 is 1.94 bits per heavy atom. The molecule has 10 nitrogen and oxygen atoms in total. The number of ether oxygens (including phenoxy) is 3. The van der Waals surface area contributed by atoms with Crippen molar-refractivity contribution in [2.24, 2.45) is 29.6 Å². The Labute approximate surface area is 194 Å². The van der Waals surface area contributed by atoms with Crippen molar-refractivity contribution in [1.29, 1.82) is 0 Å². The highest BCUT2D eigenvalue weighted by Crippen LogP contribution is 2.56. The Morgan fingerprint density at radius 1 is 1.24 bits per heavy atom. The third kappa shape index (κ3) is 5.16. The summed E-state index contributed by atoms with van der Waals surface area (Å²) in [6, 6.07) is 0. The monoisotopic (exact) mass is 487 g/mol. The molecule has 186 valence electrons. The highest BCUT2D eigenvalue weighted by molar-refractivity contribution is 7.85. The largest absolute Gasteiger partial charge is 0.465 e. The lowest BCUT2D eigenvalue weighted by Gasteiger charge is -2.36. The molecular weight excluding hydrogens is 454 g/mol. The predicted molar refractivity (Wildman–Crippen MR) is 116 cm³/mol. The van der Waals surface area contributed by atoms with Crippen molar-refractivity contribution < 1.29 is 41.3 Å². The molecule has 33 heavy (non-hydrogen) atoms. The summed E-state index contributed by atoms with van der Waals surface area (Å²) in [4.78, 5) is 34.8. The van der Waals surface area contributed by atoms with Crippen LogP contribution in [0.15, 0.2) is 12.2 Å². The number of hydrogen-bond donors (Lipinski definition) is 0. The standard InChI is InChI=1S/C12H20O3.C10H13NO6S/c1-8-10-4-5-12(6-10,14-3)11(8)7-15-9(2)13;1-16-7-5-3-4-6-8(7)10(13)11(9(6)12)17-18(2,14)15/h8,10-11H,4-7H2,1-3H3;3,5-8H,4H2,1-2H3. The highest BCUT2D eigenvalue weighted by Gasteiger charge is 2.57. The quantitative estimate of drug-likeness (QED) is 0.311. The number of methoxy groups -OCH3 is 2. The predicted octanol–water partition coefficient (Wildman–Crippen LogP) is 1.45. The molecule has 1 aliphatic heterocycles. The fourth-order valence-electron chi connectivity index (χ4n) is 5.77. The van der Waals surface area contributed by atoms with Gasteiger partial charge in [-0.2, -0.15) is 8.42 Å². The summed E-state index contributed by atoms with van der Waals surface area (Å²) < 4.78 is 42.5. The van der Waals surface area contributed by atoms with Gasteiger partial charge in [0.1, 0.15) is 0 Å². The van der Waals surface area contributed by atoms with Gasteiger partial charge in [-0.05, 0) is 37.5 Å². The van der Waals surface area contributed by atoms with Gasteiger partial charge in [-0.1, -0.05) is 19.1 Å². The minimum atomic E-state index is -3.92. The number of nitrogens with zero attached hydrogens (tertiary/aromatic N) is 1. The first-order valence-electron chi connectivity index (χ1n) is 11.1. The zero-order valence-electron chi connectivity index (χ0n) is 19.7. The van der Waals surface area contributed by atoms with Gasteiger partial charge in [0, 0.05) is 27.1 Å². The number of allylic oxidation sites excluding steroid dienone is 1. The molecule has 0 spiro atoms. The molecule has 4 rings (SSSR count). The first-order valence-corrected chi connectivity index (χ1v) is 12.9. The Bertz CT molecular complexity index is 917. The molecule has 7 atom stereocenters. The van der Waals surface area contributed by atoms with E-state index >= 15 is 0 Å². The van der Waals surface area contributed by atoms with Gasteiger partial charge in [-0.25, -0.2) is 0 Å². The summed E-state index contributed by atoms with van der Waals surface area (Å²) in [6.07, 6.45) is 7.60. The van der Waals surface area contributed by atoms with E-state index in [0.717, 1.165) is 25.0 Å². The summed E-state index contributed by atoms with van der Waals surface area (Å²) in [5.74, 6) is -1.04. The SMILES string of the molecule is COC12CCC(C1)C(C)C2COC(C)=O.COC1C=CCC2C(=O)N(OS(C)(=O)=O)C(=O)C12. The zero-order valence-corrected chi connectivity index (χ0v) is 20.5. The minimum Gasteiger partial charge on any atom is -0.465 e. The summed E-state index contributed by atoms with van der Waals surface area (Å²) in [7, 11) is -0.699. The topological polar surface area (TPSA) is 126 Å². The average molecular weight is 488 g/mol. The smallest absolute Gasteiger partial charge is 0.302 e. The Morgan fingerprint density at radius 3 is 2.52 bits per heavy atom. The number of carbonyl (C=O) groups excluding carboxylic acids is 3. The molecule has 0 aromatic carbocycles. The molecule has 2 bridgehead atoms. The van der Waals surface area contributed by atoms with Gasteiger partial charge in [0.15, 0.2) is 0 Å². The third-order valence-electron chi connectivity index (χ3n) is 7.46. The van der Waals surface area contributed by atoms with Crippen molar-refractivity contribution in [2.75, 3.05) is 27.1 Å². The number of fused-ring (bicyclic) bond motifs is 3. The second kappa shape index (κ2) is 9.81. The van der Waals surface area contributed by atoms with Gasteiger partial charge in [-0.3, -0.25) is 14.4 Å². The lowest BCUT2D eigenvalue weighted by atomic mass is 9.78. The van der Waals surface area contributed by atoms with Crippen LogP contribution in [0.4, 0.5) is 0 Å². The number of amides is 2. The van der Waals surface area contributed by atoms with Crippen molar-refractivity contribution in [1.82, 2.24) is 5.06 Å². The Balaban J connectivity index is 0.000000189. The van der Waals surface area contributed by atoms with E-state index in [1.165, 1.54) is 20.5 Å². The number of carbonyl (C=O) groups is 3. The van der Waals surface area contributed by atoms with Crippen LogP contribution < -0.4 is 0 Å². The van der Waals surface area contributed by atoms with E-state index in [1.54, 1.807) is 19.3 Å². The van der Waals surface area contributed by atoms with Crippen LogP contribution in [0, 0.1) is 29.6 Å². The second-order valence-corrected chi connectivity index (χ2v) is 10.8. The molecule has 0 N–H and O–H groups in total. The lowest BCUT2D eigenvalue weighted by molar-refractivity contribution is -0.166. The van der Waals surface area contributed by atoms with Crippen molar-refractivity contribution in [3.8, 4) is 0 Å². The molecule has 3 aliphatic carbocycles. The van der Waals surface area contributed by atoms with Crippen LogP contribution in [0.1, 0.15) is 39.5 Å². The molecule has 4 aliphatic rings. The van der Waals surface area contributed by atoms with Crippen LogP contribution >= 0.6 is 0 Å². The van der Waals surface area contributed by atoms with Crippen molar-refractivity contribution in [3.05, 3.63) is 12.2 Å². The summed E-state index contributed by atoms with van der Waals surface area (Å²) in [6.45, 7) is 4.26. The summed E-state index contributed by atoms with van der Waals surface area (Å²) in [5.41, 5.74) is -0.000463. The summed E-state index contributed by atoms with van der Waals surface area (Å²) in [5, 5.41) is 0.337. The fraction of sp³-hybridized carbons (Fsp3) is 0.773. The van der Waals surface area contributed by atoms with Gasteiger partial charge in [-0.15, -0.1) is 9.35 Å². The first-order chi connectivity index (χ1) is 15.4. The van der Waals surface area contributed by atoms with E-state index in [4.69, 9.17) is 14.2 Å². The molecule has 2 amide bonds. The van der Waals surface area contributed by atoms with Crippen LogP contribution in [0.3, 0.4) is 0 Å². The van der Waals surface area contributed by atoms with Crippen LogP contribution in [0.5, 0.6) is 0 Å². The fourth-order valence-corrected chi connectivity index (χ4v) is 6.19. The minimum absolute atomic E-state index is 0.000463. The molecule has 0 aromatic rings. The second-order valence-electron chi connectivity index (χ2n) is 9.29. The first kappa shape index (κ1) is 25.8. The van der Waals surface area contributed by atoms with E-state index in [0.29, 0.717) is 29.9 Å². The molecule has 7 unspecified atom stereocenters. The van der Waals surface area contributed by atoms with Crippen LogP contribution in [0.25, 0.3) is 0 Å². The molecule has 0 radical (unpaired) electrons. The van der Waals surface area contributed by atoms with Crippen LogP contribution in [-0.2, 0) is 43.0 Å². The molecule has 1 heterocycles. The van der Waals surface area contributed by atoms with Crippen molar-refractivity contribution in [2.45, 2.75) is 51.2 Å². The average Bonchev–Trinajstić information content (AvgIpc) is 3.38. The van der Waals surface area contributed by atoms with Gasteiger partial charge < -0.3 is 14.2 Å². The molecule has 2 saturated carbocycles. The maximum absolute atomic E-state index is 12.0. The number of esters is 1. The molecular formula is C22H33NO9S. The molecule has 11 heteroatoms. The van der Waals surface area contributed by atoms with Gasteiger partial charge >= 0.3 is 5.97 Å². The van der Waals surface area contributed by atoms with E-state index in [2.05, 4.69) is 11.2 Å². The molecule has 0 aromatic heterocycles. The summed E-state index contributed by atoms with van der Waals surface area (Å²) >= 11 is 0. The van der Waals surface area contributed by atoms with Crippen molar-refractivity contribution in [3.63, 3.8) is 0 Å². The van der Waals surface area contributed by atoms with E-state index in [-0.39, 0.29) is 11.6 Å². The van der Waals surface area contributed by atoms with Crippen LogP contribution in [-0.4, -0.2) is 70.1 Å². The molecule has 3 fully saturated rings. The van der Waals surface area contributed by atoms with Crippen LogP contribution in [0.2, 0.25) is 0 Å². The number of imide groups is 1.